The largest absolute Gasteiger partial charge is 0.489 e. The first kappa shape index (κ1) is 15.8. The van der Waals surface area contributed by atoms with Crippen molar-refractivity contribution in [2.45, 2.75) is 33.3 Å². The van der Waals surface area contributed by atoms with Crippen LogP contribution in [0.15, 0.2) is 41.0 Å². The maximum Gasteiger partial charge on any atom is 0.126 e. The minimum atomic E-state index is 0.423. The van der Waals surface area contributed by atoms with E-state index in [4.69, 9.17) is 4.74 Å². The summed E-state index contributed by atoms with van der Waals surface area (Å²) in [4.78, 5) is 4.27. The molecule has 0 fully saturated rings. The lowest BCUT2D eigenvalue weighted by molar-refractivity contribution is 0.301. The van der Waals surface area contributed by atoms with E-state index in [0.29, 0.717) is 12.5 Å². The van der Waals surface area contributed by atoms with E-state index in [1.165, 1.54) is 5.56 Å². The molecule has 1 heterocycles. The minimum Gasteiger partial charge on any atom is -0.489 e. The molecule has 1 N–H and O–H groups in total. The Bertz CT molecular complexity index is 599. The van der Waals surface area contributed by atoms with Gasteiger partial charge < -0.3 is 10.1 Å². The Morgan fingerprint density at radius 1 is 1.24 bits per heavy atom. The standard InChI is InChI=1S/C17H21BrN2O/c1-4-19-17-9-13(7-8-20-17)11-21-16-6-5-14(18)10-15(16)12(2)3/h5-10,12H,4,11H2,1-3H3,(H,19,20). The average molecular weight is 349 g/mol. The molecule has 0 aliphatic heterocycles. The van der Waals surface area contributed by atoms with Gasteiger partial charge in [0, 0.05) is 17.2 Å². The normalized spacial score (nSPS) is 10.7. The molecule has 0 aliphatic rings. The Morgan fingerprint density at radius 3 is 2.76 bits per heavy atom. The third kappa shape index (κ3) is 4.46. The number of hydrogen-bond acceptors (Lipinski definition) is 3. The van der Waals surface area contributed by atoms with Crippen LogP contribution in [0.25, 0.3) is 0 Å². The van der Waals surface area contributed by atoms with Crippen LogP contribution < -0.4 is 10.1 Å². The molecule has 0 bridgehead atoms. The van der Waals surface area contributed by atoms with E-state index in [0.717, 1.165) is 28.1 Å². The van der Waals surface area contributed by atoms with Gasteiger partial charge in [0.2, 0.25) is 0 Å². The topological polar surface area (TPSA) is 34.1 Å². The van der Waals surface area contributed by atoms with Crippen LogP contribution in [-0.2, 0) is 6.61 Å². The Labute approximate surface area is 134 Å². The minimum absolute atomic E-state index is 0.423. The molecule has 0 unspecified atom stereocenters. The van der Waals surface area contributed by atoms with Gasteiger partial charge in [0.05, 0.1) is 0 Å². The van der Waals surface area contributed by atoms with Crippen LogP contribution in [0, 0.1) is 0 Å². The van der Waals surface area contributed by atoms with Crippen molar-refractivity contribution in [1.82, 2.24) is 4.98 Å². The van der Waals surface area contributed by atoms with Gasteiger partial charge in [-0.25, -0.2) is 4.98 Å². The Balaban J connectivity index is 2.11. The molecule has 0 spiro atoms. The van der Waals surface area contributed by atoms with Crippen LogP contribution in [0.1, 0.15) is 37.8 Å². The second kappa shape index (κ2) is 7.46. The first-order valence-electron chi connectivity index (χ1n) is 7.21. The molecule has 0 saturated heterocycles. The predicted molar refractivity (Wildman–Crippen MR) is 91.0 cm³/mol. The maximum absolute atomic E-state index is 6.00. The third-order valence-electron chi connectivity index (χ3n) is 3.17. The quantitative estimate of drug-likeness (QED) is 0.799. The molecular formula is C17H21BrN2O. The van der Waals surface area contributed by atoms with Gasteiger partial charge in [-0.3, -0.25) is 0 Å². The maximum atomic E-state index is 6.00. The highest BCUT2D eigenvalue weighted by molar-refractivity contribution is 9.10. The van der Waals surface area contributed by atoms with Crippen molar-refractivity contribution in [3.05, 3.63) is 52.1 Å². The lowest BCUT2D eigenvalue weighted by Crippen LogP contribution is -2.03. The van der Waals surface area contributed by atoms with Crippen LogP contribution in [-0.4, -0.2) is 11.5 Å². The fourth-order valence-corrected chi connectivity index (χ4v) is 2.48. The Hall–Kier alpha value is -1.55. The average Bonchev–Trinajstić information content (AvgIpc) is 2.46. The summed E-state index contributed by atoms with van der Waals surface area (Å²) in [6.45, 7) is 7.81. The van der Waals surface area contributed by atoms with Gasteiger partial charge in [-0.15, -0.1) is 0 Å². The molecule has 0 saturated carbocycles. The number of benzene rings is 1. The van der Waals surface area contributed by atoms with Gasteiger partial charge in [0.1, 0.15) is 18.2 Å². The molecule has 0 amide bonds. The highest BCUT2D eigenvalue weighted by Crippen LogP contribution is 2.30. The van der Waals surface area contributed by atoms with Gasteiger partial charge in [-0.1, -0.05) is 29.8 Å². The molecule has 3 nitrogen and oxygen atoms in total. The summed E-state index contributed by atoms with van der Waals surface area (Å²) in [5.74, 6) is 2.25. The van der Waals surface area contributed by atoms with Crippen LogP contribution in [0.5, 0.6) is 5.75 Å². The molecule has 2 rings (SSSR count). The summed E-state index contributed by atoms with van der Waals surface area (Å²) >= 11 is 3.52. The van der Waals surface area contributed by atoms with E-state index in [-0.39, 0.29) is 0 Å². The van der Waals surface area contributed by atoms with Crippen molar-refractivity contribution in [2.24, 2.45) is 0 Å². The highest BCUT2D eigenvalue weighted by atomic mass is 79.9. The lowest BCUT2D eigenvalue weighted by atomic mass is 10.0. The number of halogens is 1. The molecule has 112 valence electrons. The zero-order chi connectivity index (χ0) is 15.2. The Kier molecular flexibility index (Phi) is 5.62. The summed E-state index contributed by atoms with van der Waals surface area (Å²) in [7, 11) is 0. The van der Waals surface area contributed by atoms with Crippen molar-refractivity contribution in [3.8, 4) is 5.75 Å². The van der Waals surface area contributed by atoms with Crippen LogP contribution in [0.3, 0.4) is 0 Å². The van der Waals surface area contributed by atoms with Crippen molar-refractivity contribution in [1.29, 1.82) is 0 Å². The second-order valence-electron chi connectivity index (χ2n) is 5.21. The number of anilines is 1. The van der Waals surface area contributed by atoms with Crippen molar-refractivity contribution in [2.75, 3.05) is 11.9 Å². The van der Waals surface area contributed by atoms with E-state index in [1.54, 1.807) is 0 Å². The number of rotatable bonds is 6. The number of ether oxygens (including phenoxy) is 1. The van der Waals surface area contributed by atoms with Crippen LogP contribution in [0.2, 0.25) is 0 Å². The van der Waals surface area contributed by atoms with Gasteiger partial charge in [-0.05, 0) is 54.3 Å². The zero-order valence-electron chi connectivity index (χ0n) is 12.7. The fraction of sp³-hybridized carbons (Fsp3) is 0.353. The molecular weight excluding hydrogens is 328 g/mol. The molecule has 0 radical (unpaired) electrons. The lowest BCUT2D eigenvalue weighted by Gasteiger charge is -2.15. The summed E-state index contributed by atoms with van der Waals surface area (Å²) in [6, 6.07) is 10.2. The monoisotopic (exact) mass is 348 g/mol. The van der Waals surface area contributed by atoms with Gasteiger partial charge >= 0.3 is 0 Å². The van der Waals surface area contributed by atoms with Crippen LogP contribution >= 0.6 is 15.9 Å². The van der Waals surface area contributed by atoms with E-state index in [9.17, 15) is 0 Å². The second-order valence-corrected chi connectivity index (χ2v) is 6.12. The molecule has 2 aromatic rings. The summed E-state index contributed by atoms with van der Waals surface area (Å²) in [5.41, 5.74) is 2.32. The molecule has 1 aromatic heterocycles. The number of aromatic nitrogens is 1. The number of nitrogens with zero attached hydrogens (tertiary/aromatic N) is 1. The number of nitrogens with one attached hydrogen (secondary N) is 1. The van der Waals surface area contributed by atoms with E-state index < -0.39 is 0 Å². The SMILES string of the molecule is CCNc1cc(COc2ccc(Br)cc2C(C)C)ccn1. The molecule has 4 heteroatoms. The van der Waals surface area contributed by atoms with Gasteiger partial charge in [0.25, 0.3) is 0 Å². The molecule has 0 aliphatic carbocycles. The molecule has 1 aromatic carbocycles. The number of pyridine rings is 1. The highest BCUT2D eigenvalue weighted by Gasteiger charge is 2.09. The smallest absolute Gasteiger partial charge is 0.126 e. The Morgan fingerprint density at radius 2 is 2.05 bits per heavy atom. The van der Waals surface area contributed by atoms with Gasteiger partial charge in [-0.2, -0.15) is 0 Å². The number of hydrogen-bond donors (Lipinski definition) is 1. The molecule has 0 atom stereocenters. The third-order valence-corrected chi connectivity index (χ3v) is 3.66. The summed E-state index contributed by atoms with van der Waals surface area (Å²) < 4.78 is 7.08. The fourth-order valence-electron chi connectivity index (χ4n) is 2.10. The summed E-state index contributed by atoms with van der Waals surface area (Å²) in [6.07, 6.45) is 1.81. The molecule has 21 heavy (non-hydrogen) atoms. The zero-order valence-corrected chi connectivity index (χ0v) is 14.3. The van der Waals surface area contributed by atoms with Gasteiger partial charge in [0.15, 0.2) is 0 Å². The van der Waals surface area contributed by atoms with E-state index in [1.807, 2.05) is 30.5 Å². The van der Waals surface area contributed by atoms with E-state index in [2.05, 4.69) is 53.1 Å². The van der Waals surface area contributed by atoms with Crippen molar-refractivity contribution in [3.63, 3.8) is 0 Å². The summed E-state index contributed by atoms with van der Waals surface area (Å²) in [5, 5.41) is 3.21. The predicted octanol–water partition coefficient (Wildman–Crippen LogP) is 4.98. The van der Waals surface area contributed by atoms with Crippen LogP contribution in [0.4, 0.5) is 5.82 Å². The van der Waals surface area contributed by atoms with Crippen molar-refractivity contribution < 1.29 is 4.74 Å². The first-order chi connectivity index (χ1) is 10.1. The van der Waals surface area contributed by atoms with Crippen molar-refractivity contribution >= 4 is 21.7 Å². The van der Waals surface area contributed by atoms with E-state index >= 15 is 0 Å². The first-order valence-corrected chi connectivity index (χ1v) is 8.00.